The van der Waals surface area contributed by atoms with Gasteiger partial charge in [-0.05, 0) is 51.3 Å². The number of carbonyl (C=O) groups is 1. The average molecular weight is 351 g/mol. The molecule has 1 aromatic carbocycles. The van der Waals surface area contributed by atoms with E-state index in [1.54, 1.807) is 6.26 Å². The highest BCUT2D eigenvalue weighted by Gasteiger charge is 2.44. The summed E-state index contributed by atoms with van der Waals surface area (Å²) in [6, 6.07) is 13.7. The molecule has 3 rings (SSSR count). The highest BCUT2D eigenvalue weighted by atomic mass is 16.6. The molecule has 0 amide bonds. The van der Waals surface area contributed by atoms with Crippen LogP contribution in [0.3, 0.4) is 0 Å². The first-order chi connectivity index (χ1) is 12.4. The quantitative estimate of drug-likeness (QED) is 0.709. The van der Waals surface area contributed by atoms with Gasteiger partial charge in [-0.3, -0.25) is 4.99 Å². The number of nitrogens with zero attached hydrogens (tertiary/aromatic N) is 1. The monoisotopic (exact) mass is 351 g/mol. The molecule has 2 heterocycles. The van der Waals surface area contributed by atoms with E-state index in [-0.39, 0.29) is 5.97 Å². The Kier molecular flexibility index (Phi) is 5.12. The van der Waals surface area contributed by atoms with Gasteiger partial charge in [0.1, 0.15) is 11.4 Å². The van der Waals surface area contributed by atoms with E-state index in [9.17, 15) is 4.79 Å². The Labute approximate surface area is 154 Å². The highest BCUT2D eigenvalue weighted by Crippen LogP contribution is 2.35. The van der Waals surface area contributed by atoms with Crippen LogP contribution in [0, 0.1) is 0 Å². The summed E-state index contributed by atoms with van der Waals surface area (Å²) in [5.41, 5.74) is 0.491. The zero-order valence-corrected chi connectivity index (χ0v) is 15.6. The molecular weight excluding hydrogens is 326 g/mol. The van der Waals surface area contributed by atoms with E-state index in [4.69, 9.17) is 14.1 Å². The first kappa shape index (κ1) is 18.2. The molecule has 136 valence electrons. The van der Waals surface area contributed by atoms with Crippen molar-refractivity contribution >= 4 is 17.8 Å². The molecule has 4 nitrogen and oxygen atoms in total. The zero-order valence-electron chi connectivity index (χ0n) is 15.6. The minimum absolute atomic E-state index is 0.274. The van der Waals surface area contributed by atoms with Crippen molar-refractivity contribution in [3.63, 3.8) is 0 Å². The zero-order chi connectivity index (χ0) is 18.6. The topological polar surface area (TPSA) is 51.8 Å². The summed E-state index contributed by atoms with van der Waals surface area (Å²) in [6.07, 6.45) is 7.48. The predicted molar refractivity (Wildman–Crippen MR) is 103 cm³/mol. The molecule has 1 atom stereocenters. The van der Waals surface area contributed by atoms with Gasteiger partial charge in [-0.2, -0.15) is 0 Å². The lowest BCUT2D eigenvalue weighted by molar-refractivity contribution is -0.161. The molecule has 0 aliphatic carbocycles. The lowest BCUT2D eigenvalue weighted by atomic mass is 9.91. The van der Waals surface area contributed by atoms with Crippen molar-refractivity contribution in [2.24, 2.45) is 4.99 Å². The molecule has 0 saturated carbocycles. The molecule has 0 radical (unpaired) electrons. The lowest BCUT2D eigenvalue weighted by Gasteiger charge is -2.28. The Hall–Kier alpha value is -2.62. The van der Waals surface area contributed by atoms with Crippen LogP contribution in [-0.2, 0) is 9.53 Å². The van der Waals surface area contributed by atoms with E-state index in [0.717, 1.165) is 17.0 Å². The third kappa shape index (κ3) is 4.31. The molecule has 0 N–H and O–H groups in total. The van der Waals surface area contributed by atoms with Gasteiger partial charge in [-0.15, -0.1) is 0 Å². The van der Waals surface area contributed by atoms with Gasteiger partial charge in [0.15, 0.2) is 5.54 Å². The van der Waals surface area contributed by atoms with Crippen LogP contribution in [0.15, 0.2) is 64.2 Å². The van der Waals surface area contributed by atoms with Crippen LogP contribution in [-0.4, -0.2) is 22.8 Å². The molecule has 4 heteroatoms. The standard InChI is InChI=1S/C22H25NO3/c1-21(2,3)26-20(24)22(14-7-11-17-9-5-4-6-10-17)15-13-18(23-22)19-12-8-16-25-19/h4-12,16H,13-15H2,1-3H3/b11-7+/t22-/m1/s1. The number of furan rings is 1. The smallest absolute Gasteiger partial charge is 0.334 e. The molecule has 2 aromatic rings. The maximum Gasteiger partial charge on any atom is 0.334 e. The van der Waals surface area contributed by atoms with Gasteiger partial charge in [-0.25, -0.2) is 4.79 Å². The molecular formula is C22H25NO3. The Morgan fingerprint density at radius 3 is 2.65 bits per heavy atom. The predicted octanol–water partition coefficient (Wildman–Crippen LogP) is 5.05. The van der Waals surface area contributed by atoms with Crippen molar-refractivity contribution in [3.8, 4) is 0 Å². The van der Waals surface area contributed by atoms with Crippen molar-refractivity contribution in [3.05, 3.63) is 66.1 Å². The lowest BCUT2D eigenvalue weighted by Crippen LogP contribution is -2.40. The molecule has 0 spiro atoms. The fraction of sp³-hybridized carbons (Fsp3) is 0.364. The number of carbonyl (C=O) groups excluding carboxylic acids is 1. The maximum absolute atomic E-state index is 12.9. The van der Waals surface area contributed by atoms with E-state index in [2.05, 4.69) is 0 Å². The number of rotatable bonds is 5. The maximum atomic E-state index is 12.9. The van der Waals surface area contributed by atoms with Crippen LogP contribution >= 0.6 is 0 Å². The van der Waals surface area contributed by atoms with E-state index in [1.807, 2.05) is 75.4 Å². The van der Waals surface area contributed by atoms with E-state index >= 15 is 0 Å². The summed E-state index contributed by atoms with van der Waals surface area (Å²) in [6.45, 7) is 5.64. The summed E-state index contributed by atoms with van der Waals surface area (Å²) in [4.78, 5) is 17.7. The van der Waals surface area contributed by atoms with Crippen LogP contribution in [0.25, 0.3) is 6.08 Å². The molecule has 0 fully saturated rings. The van der Waals surface area contributed by atoms with Crippen LogP contribution in [0.2, 0.25) is 0 Å². The average Bonchev–Trinajstić information content (AvgIpc) is 3.24. The summed E-state index contributed by atoms with van der Waals surface area (Å²) < 4.78 is 11.1. The van der Waals surface area contributed by atoms with Crippen molar-refractivity contribution in [2.45, 2.75) is 51.2 Å². The summed E-state index contributed by atoms with van der Waals surface area (Å²) >= 11 is 0. The van der Waals surface area contributed by atoms with Crippen molar-refractivity contribution in [1.82, 2.24) is 0 Å². The van der Waals surface area contributed by atoms with Gasteiger partial charge in [0.2, 0.25) is 0 Å². The second-order valence-electron chi connectivity index (χ2n) is 7.59. The van der Waals surface area contributed by atoms with Gasteiger partial charge >= 0.3 is 5.97 Å². The summed E-state index contributed by atoms with van der Waals surface area (Å²) in [5.74, 6) is 0.451. The van der Waals surface area contributed by atoms with Gasteiger partial charge in [0.25, 0.3) is 0 Å². The van der Waals surface area contributed by atoms with Crippen LogP contribution in [0.1, 0.15) is 51.4 Å². The second-order valence-corrected chi connectivity index (χ2v) is 7.59. The fourth-order valence-electron chi connectivity index (χ4n) is 3.02. The summed E-state index contributed by atoms with van der Waals surface area (Å²) in [7, 11) is 0. The third-order valence-electron chi connectivity index (χ3n) is 4.27. The number of aliphatic imine (C=N–C) groups is 1. The van der Waals surface area contributed by atoms with Gasteiger partial charge in [0, 0.05) is 6.42 Å². The van der Waals surface area contributed by atoms with Crippen LogP contribution in [0.5, 0.6) is 0 Å². The largest absolute Gasteiger partial charge is 0.463 e. The van der Waals surface area contributed by atoms with Crippen molar-refractivity contribution in [2.75, 3.05) is 0 Å². The Balaban J connectivity index is 1.85. The molecule has 26 heavy (non-hydrogen) atoms. The van der Waals surface area contributed by atoms with E-state index < -0.39 is 11.1 Å². The van der Waals surface area contributed by atoms with Gasteiger partial charge < -0.3 is 9.15 Å². The second kappa shape index (κ2) is 7.32. The van der Waals surface area contributed by atoms with Gasteiger partial charge in [0.05, 0.1) is 12.0 Å². The SMILES string of the molecule is CC(C)(C)OC(=O)[C@@]1(C/C=C/c2ccccc2)CCC(c2ccco2)=N1. The first-order valence-corrected chi connectivity index (χ1v) is 8.96. The van der Waals surface area contributed by atoms with Crippen molar-refractivity contribution in [1.29, 1.82) is 0 Å². The van der Waals surface area contributed by atoms with Crippen LogP contribution in [0.4, 0.5) is 0 Å². The minimum Gasteiger partial charge on any atom is -0.463 e. The molecule has 1 aliphatic heterocycles. The highest BCUT2D eigenvalue weighted by molar-refractivity contribution is 6.03. The normalized spacial score (nSPS) is 20.3. The Morgan fingerprint density at radius 1 is 1.23 bits per heavy atom. The molecule has 0 saturated heterocycles. The summed E-state index contributed by atoms with van der Waals surface area (Å²) in [5, 5.41) is 0. The molecule has 0 bridgehead atoms. The van der Waals surface area contributed by atoms with E-state index in [1.165, 1.54) is 0 Å². The molecule has 1 aromatic heterocycles. The fourth-order valence-corrected chi connectivity index (χ4v) is 3.02. The minimum atomic E-state index is -0.888. The first-order valence-electron chi connectivity index (χ1n) is 8.96. The Morgan fingerprint density at radius 2 is 2.00 bits per heavy atom. The number of hydrogen-bond acceptors (Lipinski definition) is 4. The van der Waals surface area contributed by atoms with Crippen LogP contribution < -0.4 is 0 Å². The molecule has 0 unspecified atom stereocenters. The number of esters is 1. The Bertz CT molecular complexity index is 798. The number of benzene rings is 1. The van der Waals surface area contributed by atoms with E-state index in [0.29, 0.717) is 19.3 Å². The number of hydrogen-bond donors (Lipinski definition) is 0. The third-order valence-corrected chi connectivity index (χ3v) is 4.27. The van der Waals surface area contributed by atoms with Crippen molar-refractivity contribution < 1.29 is 13.9 Å². The number of ether oxygens (including phenoxy) is 1. The van der Waals surface area contributed by atoms with Gasteiger partial charge in [-0.1, -0.05) is 42.5 Å². The molecule has 1 aliphatic rings.